The molecule has 2 rings (SSSR count). The van der Waals surface area contributed by atoms with Crippen LogP contribution >= 0.6 is 11.8 Å². The lowest BCUT2D eigenvalue weighted by Crippen LogP contribution is -2.47. The van der Waals surface area contributed by atoms with Gasteiger partial charge in [-0.2, -0.15) is 11.8 Å². The fourth-order valence-electron chi connectivity index (χ4n) is 2.19. The Hall–Kier alpha value is -2.31. The molecule has 5 nitrogen and oxygen atoms in total. The van der Waals surface area contributed by atoms with E-state index < -0.39 is 18.6 Å². The second-order valence-corrected chi connectivity index (χ2v) is 6.29. The molecule has 0 bridgehead atoms. The van der Waals surface area contributed by atoms with Crippen molar-refractivity contribution in [2.24, 2.45) is 5.73 Å². The zero-order valence-corrected chi connectivity index (χ0v) is 14.0. The van der Waals surface area contributed by atoms with Crippen LogP contribution in [0, 0.1) is 0 Å². The minimum Gasteiger partial charge on any atom is -0.480 e. The van der Waals surface area contributed by atoms with Crippen molar-refractivity contribution in [3.63, 3.8) is 0 Å². The zero-order chi connectivity index (χ0) is 17.4. The summed E-state index contributed by atoms with van der Waals surface area (Å²) in [6, 6.07) is 17.9. The van der Waals surface area contributed by atoms with Crippen molar-refractivity contribution in [3.8, 4) is 0 Å². The Bertz CT molecular complexity index is 664. The predicted octanol–water partition coefficient (Wildman–Crippen LogP) is 2.36. The van der Waals surface area contributed by atoms with Gasteiger partial charge < -0.3 is 10.8 Å². The second kappa shape index (κ2) is 9.10. The maximum Gasteiger partial charge on any atom is 0.323 e. The molecule has 0 aliphatic rings. The van der Waals surface area contributed by atoms with Crippen molar-refractivity contribution >= 4 is 29.3 Å². The largest absolute Gasteiger partial charge is 0.480 e. The van der Waals surface area contributed by atoms with E-state index in [2.05, 4.69) is 0 Å². The molecule has 2 aromatic carbocycles. The maximum atomic E-state index is 12.5. The first kappa shape index (κ1) is 18.0. The average molecular weight is 344 g/mol. The minimum atomic E-state index is -1.07. The van der Waals surface area contributed by atoms with Gasteiger partial charge in [-0.05, 0) is 17.7 Å². The highest BCUT2D eigenvalue weighted by Gasteiger charge is 2.24. The van der Waals surface area contributed by atoms with Crippen LogP contribution in [-0.2, 0) is 15.3 Å². The van der Waals surface area contributed by atoms with Crippen molar-refractivity contribution in [3.05, 3.63) is 66.2 Å². The molecule has 1 amide bonds. The summed E-state index contributed by atoms with van der Waals surface area (Å²) in [5.41, 5.74) is 7.69. The van der Waals surface area contributed by atoms with Crippen LogP contribution in [-0.4, -0.2) is 35.3 Å². The van der Waals surface area contributed by atoms with Crippen LogP contribution in [0.3, 0.4) is 0 Å². The normalized spacial score (nSPS) is 11.7. The van der Waals surface area contributed by atoms with Gasteiger partial charge >= 0.3 is 5.97 Å². The SMILES string of the molecule is N[C@@H](CSCc1ccccc1)C(=O)N(CC(=O)O)c1ccccc1. The molecule has 1 atom stereocenters. The van der Waals surface area contributed by atoms with Crippen molar-refractivity contribution < 1.29 is 14.7 Å². The van der Waals surface area contributed by atoms with Crippen LogP contribution in [0.15, 0.2) is 60.7 Å². The van der Waals surface area contributed by atoms with Gasteiger partial charge in [0.05, 0.1) is 6.04 Å². The Kier molecular flexibility index (Phi) is 6.84. The third-order valence-corrected chi connectivity index (χ3v) is 4.49. The molecule has 3 N–H and O–H groups in total. The van der Waals surface area contributed by atoms with Gasteiger partial charge in [0.2, 0.25) is 5.91 Å². The minimum absolute atomic E-state index is 0.385. The Morgan fingerprint density at radius 1 is 1.04 bits per heavy atom. The predicted molar refractivity (Wildman–Crippen MR) is 97.0 cm³/mol. The summed E-state index contributed by atoms with van der Waals surface area (Å²) in [6.45, 7) is -0.403. The number of carboxylic acids is 1. The number of carbonyl (C=O) groups is 2. The number of carboxylic acid groups (broad SMARTS) is 1. The van der Waals surface area contributed by atoms with Crippen LogP contribution in [0.1, 0.15) is 5.56 Å². The quantitative estimate of drug-likeness (QED) is 0.768. The first-order chi connectivity index (χ1) is 11.6. The van der Waals surface area contributed by atoms with E-state index in [-0.39, 0.29) is 5.91 Å². The fourth-order valence-corrected chi connectivity index (χ4v) is 3.13. The standard InChI is InChI=1S/C18H20N2O3S/c19-16(13-24-12-14-7-3-1-4-8-14)18(23)20(11-17(21)22)15-9-5-2-6-10-15/h1-10,16H,11-13,19H2,(H,21,22)/t16-/m0/s1. The summed E-state index contributed by atoms with van der Waals surface area (Å²) in [7, 11) is 0. The summed E-state index contributed by atoms with van der Waals surface area (Å²) in [5, 5.41) is 9.06. The summed E-state index contributed by atoms with van der Waals surface area (Å²) in [4.78, 5) is 24.8. The molecule has 0 aliphatic heterocycles. The van der Waals surface area contributed by atoms with Crippen LogP contribution in [0.5, 0.6) is 0 Å². The molecule has 0 saturated carbocycles. The van der Waals surface area contributed by atoms with E-state index in [0.717, 1.165) is 11.3 Å². The first-order valence-corrected chi connectivity index (χ1v) is 8.69. The summed E-state index contributed by atoms with van der Waals surface area (Å²) in [5.74, 6) is -0.275. The van der Waals surface area contributed by atoms with Crippen molar-refractivity contribution in [2.75, 3.05) is 17.2 Å². The Morgan fingerprint density at radius 3 is 2.21 bits per heavy atom. The molecule has 0 heterocycles. The van der Waals surface area contributed by atoms with Gasteiger partial charge in [0.1, 0.15) is 6.54 Å². The van der Waals surface area contributed by atoms with Crippen molar-refractivity contribution in [2.45, 2.75) is 11.8 Å². The first-order valence-electron chi connectivity index (χ1n) is 7.53. The number of nitrogens with two attached hydrogens (primary N) is 1. The highest BCUT2D eigenvalue weighted by Crippen LogP contribution is 2.17. The molecule has 0 radical (unpaired) electrons. The van der Waals surface area contributed by atoms with E-state index in [1.807, 2.05) is 36.4 Å². The number of thioether (sulfide) groups is 1. The molecule has 0 fully saturated rings. The third-order valence-electron chi connectivity index (χ3n) is 3.35. The number of aliphatic carboxylic acids is 1. The Labute approximate surface area is 145 Å². The summed E-state index contributed by atoms with van der Waals surface area (Å²) < 4.78 is 0. The number of hydrogen-bond donors (Lipinski definition) is 2. The van der Waals surface area contributed by atoms with Crippen LogP contribution in [0.25, 0.3) is 0 Å². The molecule has 24 heavy (non-hydrogen) atoms. The highest BCUT2D eigenvalue weighted by atomic mass is 32.2. The van der Waals surface area contributed by atoms with E-state index in [4.69, 9.17) is 10.8 Å². The maximum absolute atomic E-state index is 12.5. The van der Waals surface area contributed by atoms with Gasteiger partial charge in [-0.25, -0.2) is 0 Å². The monoisotopic (exact) mass is 344 g/mol. The topological polar surface area (TPSA) is 83.6 Å². The Morgan fingerprint density at radius 2 is 1.62 bits per heavy atom. The number of rotatable bonds is 8. The second-order valence-electron chi connectivity index (χ2n) is 5.26. The van der Waals surface area contributed by atoms with E-state index >= 15 is 0 Å². The van der Waals surface area contributed by atoms with Crippen molar-refractivity contribution in [1.29, 1.82) is 0 Å². The van der Waals surface area contributed by atoms with Gasteiger partial charge in [0.25, 0.3) is 0 Å². The number of amides is 1. The van der Waals surface area contributed by atoms with Gasteiger partial charge in [-0.15, -0.1) is 0 Å². The number of benzene rings is 2. The van der Waals surface area contributed by atoms with Gasteiger partial charge in [0.15, 0.2) is 0 Å². The van der Waals surface area contributed by atoms with Gasteiger partial charge in [0, 0.05) is 17.2 Å². The fraction of sp³-hybridized carbons (Fsp3) is 0.222. The van der Waals surface area contributed by atoms with Crippen LogP contribution in [0.2, 0.25) is 0 Å². The molecule has 6 heteroatoms. The molecule has 0 unspecified atom stereocenters. The number of anilines is 1. The van der Waals surface area contributed by atoms with E-state index in [1.165, 1.54) is 4.90 Å². The summed E-state index contributed by atoms with van der Waals surface area (Å²) in [6.07, 6.45) is 0. The molecule has 2 aromatic rings. The lowest BCUT2D eigenvalue weighted by Gasteiger charge is -2.24. The van der Waals surface area contributed by atoms with Crippen molar-refractivity contribution in [1.82, 2.24) is 0 Å². The average Bonchev–Trinajstić information content (AvgIpc) is 2.60. The number of para-hydroxylation sites is 1. The lowest BCUT2D eigenvalue weighted by atomic mass is 10.2. The number of hydrogen-bond acceptors (Lipinski definition) is 4. The lowest BCUT2D eigenvalue weighted by molar-refractivity contribution is -0.136. The number of carbonyl (C=O) groups excluding carboxylic acids is 1. The van der Waals surface area contributed by atoms with Gasteiger partial charge in [-0.1, -0.05) is 48.5 Å². The molecule has 0 spiro atoms. The molecule has 0 aliphatic carbocycles. The number of nitrogens with zero attached hydrogens (tertiary/aromatic N) is 1. The van der Waals surface area contributed by atoms with Gasteiger partial charge in [-0.3, -0.25) is 14.5 Å². The van der Waals surface area contributed by atoms with E-state index in [0.29, 0.717) is 11.4 Å². The highest BCUT2D eigenvalue weighted by molar-refractivity contribution is 7.98. The smallest absolute Gasteiger partial charge is 0.323 e. The molecule has 126 valence electrons. The molecule has 0 saturated heterocycles. The van der Waals surface area contributed by atoms with E-state index in [1.54, 1.807) is 36.0 Å². The zero-order valence-electron chi connectivity index (χ0n) is 13.2. The van der Waals surface area contributed by atoms with E-state index in [9.17, 15) is 9.59 Å². The van der Waals surface area contributed by atoms with Crippen LogP contribution < -0.4 is 10.6 Å². The third kappa shape index (κ3) is 5.40. The molecule has 0 aromatic heterocycles. The summed E-state index contributed by atoms with van der Waals surface area (Å²) >= 11 is 1.55. The van der Waals surface area contributed by atoms with Crippen LogP contribution in [0.4, 0.5) is 5.69 Å². The molecular weight excluding hydrogens is 324 g/mol. The Balaban J connectivity index is 1.96. The molecular formula is C18H20N2O3S.